The summed E-state index contributed by atoms with van der Waals surface area (Å²) in [6.07, 6.45) is 4.55. The topological polar surface area (TPSA) is 32.7 Å². The number of halogens is 1. The Morgan fingerprint density at radius 2 is 2.32 bits per heavy atom. The molecule has 0 aliphatic carbocycles. The molecule has 1 fully saturated rings. The van der Waals surface area contributed by atoms with E-state index in [2.05, 4.69) is 22.4 Å². The van der Waals surface area contributed by atoms with E-state index in [0.29, 0.717) is 24.4 Å². The first-order valence-corrected chi connectivity index (χ1v) is 7.02. The summed E-state index contributed by atoms with van der Waals surface area (Å²) < 4.78 is 20.1. The lowest BCUT2D eigenvalue weighted by molar-refractivity contribution is -0.0236. The molecule has 3 unspecified atom stereocenters. The minimum Gasteiger partial charge on any atom is -0.487 e. The van der Waals surface area contributed by atoms with Crippen molar-refractivity contribution in [3.05, 3.63) is 36.8 Å². The molecule has 0 amide bonds. The number of hydrogen-bond acceptors (Lipinski definition) is 3. The number of hydrogen-bond donors (Lipinski definition) is 1. The molecule has 0 aromatic heterocycles. The molecule has 3 atom stereocenters. The smallest absolute Gasteiger partial charge is 0.177 e. The second kappa shape index (κ2) is 7.06. The second-order valence-corrected chi connectivity index (χ2v) is 5.70. The summed E-state index contributed by atoms with van der Waals surface area (Å²) >= 11 is 0. The van der Waals surface area contributed by atoms with Crippen molar-refractivity contribution in [2.45, 2.75) is 31.3 Å². The van der Waals surface area contributed by atoms with Gasteiger partial charge in [0.15, 0.2) is 5.41 Å². The molecule has 0 spiro atoms. The summed E-state index contributed by atoms with van der Waals surface area (Å²) in [6, 6.07) is 0. The maximum atomic E-state index is 14.6. The molecule has 0 radical (unpaired) electrons. The summed E-state index contributed by atoms with van der Waals surface area (Å²) in [5.74, 6) is 0.478. The maximum absolute atomic E-state index is 14.6. The van der Waals surface area contributed by atoms with Crippen LogP contribution in [0.3, 0.4) is 0 Å². The number of rotatable bonds is 6. The Morgan fingerprint density at radius 1 is 1.63 bits per heavy atom. The number of likely N-dealkylation sites (tertiary alicyclic amines) is 1. The van der Waals surface area contributed by atoms with Crippen LogP contribution in [0.15, 0.2) is 36.8 Å². The Labute approximate surface area is 117 Å². The first-order valence-electron chi connectivity index (χ1n) is 6.44. The van der Waals surface area contributed by atoms with Crippen LogP contribution in [0.4, 0.5) is 4.39 Å². The number of nitrogens with zero attached hydrogens (tertiary/aromatic N) is 1. The highest BCUT2D eigenvalue weighted by Gasteiger charge is 2.42. The molecule has 0 aromatic rings. The largest absolute Gasteiger partial charge is 0.487 e. The average Bonchev–Trinajstić information content (AvgIpc) is 2.37. The lowest BCUT2D eigenvalue weighted by Gasteiger charge is -2.42. The first kappa shape index (κ1) is 16.2. The van der Waals surface area contributed by atoms with Gasteiger partial charge in [-0.15, -0.1) is 0 Å². The molecule has 5 heteroatoms. The molecule has 1 aliphatic heterocycles. The van der Waals surface area contributed by atoms with Gasteiger partial charge in [-0.2, -0.15) is 0 Å². The van der Waals surface area contributed by atoms with Crippen LogP contribution in [-0.4, -0.2) is 41.2 Å². The van der Waals surface area contributed by atoms with E-state index < -0.39 is 11.5 Å². The van der Waals surface area contributed by atoms with E-state index in [-0.39, 0.29) is 13.2 Å². The monoisotopic (exact) mass is 287 g/mol. The minimum absolute atomic E-state index is 0.145. The fourth-order valence-corrected chi connectivity index (χ4v) is 2.44. The van der Waals surface area contributed by atoms with Gasteiger partial charge in [-0.25, -0.2) is 4.39 Å². The number of allylic oxidation sites excluding steroid dienone is 2. The van der Waals surface area contributed by atoms with E-state index in [0.717, 1.165) is 6.42 Å². The van der Waals surface area contributed by atoms with Crippen LogP contribution in [0.25, 0.3) is 0 Å². The van der Waals surface area contributed by atoms with E-state index in [1.165, 1.54) is 0 Å². The predicted octanol–water partition coefficient (Wildman–Crippen LogP) is 2.60. The standard InChI is InChI=1S/C14H23FNO2P/c1-4-5-6-12(3)18-13-7-8-16(11(2)9-17)10-14(13,15)19/h5-6,13,17H,2-4,7-10,19H2,1H3/b6-5-. The molecule has 3 nitrogen and oxygen atoms in total. The Morgan fingerprint density at radius 3 is 2.84 bits per heavy atom. The van der Waals surface area contributed by atoms with Crippen molar-refractivity contribution >= 4 is 9.24 Å². The molecule has 1 N–H and O–H groups in total. The Kier molecular flexibility index (Phi) is 6.02. The molecule has 1 saturated heterocycles. The van der Waals surface area contributed by atoms with Crippen molar-refractivity contribution < 1.29 is 14.2 Å². The highest BCUT2D eigenvalue weighted by molar-refractivity contribution is 7.18. The number of alkyl halides is 1. The normalized spacial score (nSPS) is 27.6. The third kappa shape index (κ3) is 4.63. The zero-order valence-corrected chi connectivity index (χ0v) is 12.6. The van der Waals surface area contributed by atoms with E-state index in [9.17, 15) is 4.39 Å². The van der Waals surface area contributed by atoms with Crippen molar-refractivity contribution in [2.75, 3.05) is 19.7 Å². The predicted molar refractivity (Wildman–Crippen MR) is 79.4 cm³/mol. The van der Waals surface area contributed by atoms with E-state index in [4.69, 9.17) is 9.84 Å². The van der Waals surface area contributed by atoms with Gasteiger partial charge < -0.3 is 14.7 Å². The number of piperidine rings is 1. The molecule has 0 bridgehead atoms. The van der Waals surface area contributed by atoms with Crippen molar-refractivity contribution in [3.8, 4) is 0 Å². The first-order chi connectivity index (χ1) is 8.90. The van der Waals surface area contributed by atoms with Gasteiger partial charge in [0.25, 0.3) is 0 Å². The second-order valence-electron chi connectivity index (χ2n) is 4.74. The van der Waals surface area contributed by atoms with Crippen LogP contribution in [0.1, 0.15) is 19.8 Å². The fourth-order valence-electron chi connectivity index (χ4n) is 1.98. The van der Waals surface area contributed by atoms with Gasteiger partial charge in [0.2, 0.25) is 0 Å². The van der Waals surface area contributed by atoms with Crippen LogP contribution in [-0.2, 0) is 4.74 Å². The fraction of sp³-hybridized carbons (Fsp3) is 0.571. The highest BCUT2D eigenvalue weighted by Crippen LogP contribution is 2.36. The molecule has 1 aliphatic rings. The number of ether oxygens (including phenoxy) is 1. The molecule has 1 heterocycles. The number of aliphatic hydroxyl groups excluding tert-OH is 1. The summed E-state index contributed by atoms with van der Waals surface area (Å²) in [4.78, 5) is 1.75. The summed E-state index contributed by atoms with van der Waals surface area (Å²) in [6.45, 7) is 10.1. The molecule has 19 heavy (non-hydrogen) atoms. The molecular formula is C14H23FNO2P. The van der Waals surface area contributed by atoms with Crippen molar-refractivity contribution in [2.24, 2.45) is 0 Å². The van der Waals surface area contributed by atoms with Crippen LogP contribution in [0.2, 0.25) is 0 Å². The lowest BCUT2D eigenvalue weighted by atomic mass is 10.0. The Hall–Kier alpha value is -0.860. The van der Waals surface area contributed by atoms with Crippen LogP contribution < -0.4 is 0 Å². The summed E-state index contributed by atoms with van der Waals surface area (Å²) in [7, 11) is 2.21. The van der Waals surface area contributed by atoms with Crippen LogP contribution in [0, 0.1) is 0 Å². The van der Waals surface area contributed by atoms with Crippen LogP contribution >= 0.6 is 9.24 Å². The molecular weight excluding hydrogens is 264 g/mol. The minimum atomic E-state index is -1.57. The van der Waals surface area contributed by atoms with Gasteiger partial charge >= 0.3 is 0 Å². The summed E-state index contributed by atoms with van der Waals surface area (Å²) in [5.41, 5.74) is 0.535. The average molecular weight is 287 g/mol. The molecule has 0 aromatic carbocycles. The summed E-state index contributed by atoms with van der Waals surface area (Å²) in [5, 5.41) is 7.47. The van der Waals surface area contributed by atoms with Gasteiger partial charge in [-0.1, -0.05) is 35.4 Å². The zero-order chi connectivity index (χ0) is 14.5. The molecule has 108 valence electrons. The number of aliphatic hydroxyl groups is 1. The zero-order valence-electron chi connectivity index (χ0n) is 11.4. The van der Waals surface area contributed by atoms with Gasteiger partial charge in [-0.3, -0.25) is 0 Å². The van der Waals surface area contributed by atoms with Gasteiger partial charge in [-0.05, 0) is 12.5 Å². The van der Waals surface area contributed by atoms with Gasteiger partial charge in [0, 0.05) is 18.7 Å². The highest BCUT2D eigenvalue weighted by atomic mass is 31.0. The van der Waals surface area contributed by atoms with Crippen molar-refractivity contribution in [1.82, 2.24) is 4.90 Å². The SMILES string of the molecule is C=C(/C=C\CC)OC1CCN(C(=C)CO)CC1(F)P. The Bertz CT molecular complexity index is 368. The quantitative estimate of drug-likeness (QED) is 0.463. The maximum Gasteiger partial charge on any atom is 0.177 e. The van der Waals surface area contributed by atoms with Gasteiger partial charge in [0.05, 0.1) is 13.2 Å². The molecule has 0 saturated carbocycles. The van der Waals surface area contributed by atoms with E-state index in [1.807, 2.05) is 13.0 Å². The lowest BCUT2D eigenvalue weighted by Crippen LogP contribution is -2.51. The van der Waals surface area contributed by atoms with Crippen LogP contribution in [0.5, 0.6) is 0 Å². The van der Waals surface area contributed by atoms with Crippen molar-refractivity contribution in [3.63, 3.8) is 0 Å². The van der Waals surface area contributed by atoms with Gasteiger partial charge in [0.1, 0.15) is 11.9 Å². The Balaban J connectivity index is 2.61. The van der Waals surface area contributed by atoms with E-state index in [1.54, 1.807) is 11.0 Å². The van der Waals surface area contributed by atoms with E-state index >= 15 is 0 Å². The molecule has 1 rings (SSSR count). The van der Waals surface area contributed by atoms with Crippen molar-refractivity contribution in [1.29, 1.82) is 0 Å². The third-order valence-corrected chi connectivity index (χ3v) is 3.65. The third-order valence-electron chi connectivity index (χ3n) is 3.09.